The molecule has 0 bridgehead atoms. The number of nitrogens with zero attached hydrogens (tertiary/aromatic N) is 4. The number of halogens is 1. The Morgan fingerprint density at radius 3 is 2.38 bits per heavy atom. The highest BCUT2D eigenvalue weighted by Crippen LogP contribution is 2.39. The quantitative estimate of drug-likeness (QED) is 0.239. The van der Waals surface area contributed by atoms with Crippen molar-refractivity contribution < 1.29 is 8.42 Å². The number of para-hydroxylation sites is 1. The number of hydrogen-bond acceptors (Lipinski definition) is 6. The van der Waals surface area contributed by atoms with Gasteiger partial charge in [0.05, 0.1) is 34.9 Å². The van der Waals surface area contributed by atoms with Gasteiger partial charge in [0.1, 0.15) is 0 Å². The van der Waals surface area contributed by atoms with E-state index in [-0.39, 0.29) is 6.04 Å². The number of benzene rings is 4. The molecule has 1 N–H and O–H groups in total. The Morgan fingerprint density at radius 2 is 1.62 bits per heavy atom. The molecule has 6 rings (SSSR count). The van der Waals surface area contributed by atoms with Gasteiger partial charge in [-0.3, -0.25) is 4.72 Å². The van der Waals surface area contributed by atoms with Crippen LogP contribution in [0.2, 0.25) is 5.02 Å². The number of anilines is 2. The van der Waals surface area contributed by atoms with Crippen LogP contribution in [0.1, 0.15) is 29.2 Å². The molecular formula is C31H26ClN5O2S. The van der Waals surface area contributed by atoms with Crippen molar-refractivity contribution in [3.63, 3.8) is 0 Å². The van der Waals surface area contributed by atoms with Crippen LogP contribution in [0.25, 0.3) is 22.2 Å². The van der Waals surface area contributed by atoms with Crippen LogP contribution in [0.3, 0.4) is 0 Å². The topological polar surface area (TPSA) is 87.5 Å². The lowest BCUT2D eigenvalue weighted by atomic mass is 9.97. The van der Waals surface area contributed by atoms with Crippen molar-refractivity contribution in [2.75, 3.05) is 16.0 Å². The molecule has 5 aromatic rings. The first-order valence-corrected chi connectivity index (χ1v) is 15.1. The first-order valence-electron chi connectivity index (χ1n) is 12.8. The number of fused-ring (bicyclic) bond motifs is 1. The molecule has 200 valence electrons. The first-order chi connectivity index (χ1) is 19.2. The van der Waals surface area contributed by atoms with Gasteiger partial charge in [-0.25, -0.2) is 23.4 Å². The van der Waals surface area contributed by atoms with E-state index in [1.54, 1.807) is 12.1 Å². The van der Waals surface area contributed by atoms with Gasteiger partial charge in [-0.1, -0.05) is 90.0 Å². The fourth-order valence-corrected chi connectivity index (χ4v) is 5.69. The van der Waals surface area contributed by atoms with Crippen LogP contribution < -0.4 is 9.73 Å². The van der Waals surface area contributed by atoms with E-state index in [9.17, 15) is 8.42 Å². The molecule has 1 aliphatic rings. The number of aryl methyl sites for hydroxylation is 1. The number of nitrogens with one attached hydrogen (secondary N) is 1. The van der Waals surface area contributed by atoms with Gasteiger partial charge in [-0.05, 0) is 36.8 Å². The molecule has 1 atom stereocenters. The minimum Gasteiger partial charge on any atom is -0.283 e. The summed E-state index contributed by atoms with van der Waals surface area (Å²) >= 11 is 6.37. The fourth-order valence-electron chi connectivity index (χ4n) is 4.94. The molecule has 0 amide bonds. The summed E-state index contributed by atoms with van der Waals surface area (Å²) in [6, 6.07) is 30.9. The minimum absolute atomic E-state index is 0.199. The standard InChI is InChI=1S/C31H26ClN5O2S/c1-20-12-14-21(15-13-20)29-19-28(24-10-6-7-11-27(24)36-40(2,38)39)35-37(29)31-33-26-17-16-23(32)18-25(26)30(34-31)22-8-4-3-5-9-22/h3-18,29,36H,19H2,1-2H3/t29-/m0/s1. The molecule has 0 saturated heterocycles. The Bertz CT molecular complexity index is 1860. The average Bonchev–Trinajstić information content (AvgIpc) is 3.38. The Hall–Kier alpha value is -4.27. The van der Waals surface area contributed by atoms with E-state index < -0.39 is 10.0 Å². The van der Waals surface area contributed by atoms with Crippen molar-refractivity contribution in [1.82, 2.24) is 9.97 Å². The summed E-state index contributed by atoms with van der Waals surface area (Å²) in [5.41, 5.74) is 6.58. The second-order valence-electron chi connectivity index (χ2n) is 9.84. The van der Waals surface area contributed by atoms with Crippen molar-refractivity contribution in [2.45, 2.75) is 19.4 Å². The van der Waals surface area contributed by atoms with Crippen molar-refractivity contribution >= 4 is 49.9 Å². The van der Waals surface area contributed by atoms with Crippen LogP contribution in [0.15, 0.2) is 102 Å². The number of rotatable bonds is 6. The van der Waals surface area contributed by atoms with Gasteiger partial charge in [0.25, 0.3) is 0 Å². The number of hydrazone groups is 1. The highest BCUT2D eigenvalue weighted by molar-refractivity contribution is 7.92. The van der Waals surface area contributed by atoms with E-state index in [2.05, 4.69) is 35.9 Å². The summed E-state index contributed by atoms with van der Waals surface area (Å²) in [6.07, 6.45) is 1.68. The maximum atomic E-state index is 12.1. The summed E-state index contributed by atoms with van der Waals surface area (Å²) in [5, 5.41) is 8.32. The molecule has 0 fully saturated rings. The van der Waals surface area contributed by atoms with E-state index in [0.717, 1.165) is 45.3 Å². The zero-order valence-electron chi connectivity index (χ0n) is 21.9. The maximum absolute atomic E-state index is 12.1. The van der Waals surface area contributed by atoms with Gasteiger partial charge in [0.15, 0.2) is 0 Å². The first kappa shape index (κ1) is 26.0. The van der Waals surface area contributed by atoms with Gasteiger partial charge in [-0.2, -0.15) is 5.10 Å². The molecule has 0 spiro atoms. The molecule has 4 aromatic carbocycles. The second-order valence-corrected chi connectivity index (χ2v) is 12.0. The monoisotopic (exact) mass is 567 g/mol. The van der Waals surface area contributed by atoms with Crippen molar-refractivity contribution in [3.8, 4) is 11.3 Å². The fraction of sp³-hybridized carbons (Fsp3) is 0.129. The predicted octanol–water partition coefficient (Wildman–Crippen LogP) is 6.99. The molecule has 0 saturated carbocycles. The van der Waals surface area contributed by atoms with E-state index in [1.165, 1.54) is 0 Å². The number of hydrogen-bond donors (Lipinski definition) is 1. The van der Waals surface area contributed by atoms with Crippen LogP contribution in [-0.2, 0) is 10.0 Å². The normalized spacial score (nSPS) is 15.3. The summed E-state index contributed by atoms with van der Waals surface area (Å²) in [4.78, 5) is 9.96. The number of aromatic nitrogens is 2. The molecular weight excluding hydrogens is 542 g/mol. The van der Waals surface area contributed by atoms with Gasteiger partial charge < -0.3 is 0 Å². The zero-order valence-corrected chi connectivity index (χ0v) is 23.5. The third kappa shape index (κ3) is 5.28. The van der Waals surface area contributed by atoms with Crippen molar-refractivity contribution in [2.24, 2.45) is 5.10 Å². The van der Waals surface area contributed by atoms with E-state index in [1.807, 2.05) is 65.7 Å². The van der Waals surface area contributed by atoms with Crippen LogP contribution in [0.4, 0.5) is 11.6 Å². The third-order valence-corrected chi connectivity index (χ3v) is 7.63. The minimum atomic E-state index is -3.48. The molecule has 7 nitrogen and oxygen atoms in total. The largest absolute Gasteiger partial charge is 0.283 e. The molecule has 40 heavy (non-hydrogen) atoms. The van der Waals surface area contributed by atoms with Crippen molar-refractivity contribution in [3.05, 3.63) is 119 Å². The number of sulfonamides is 1. The van der Waals surface area contributed by atoms with Crippen LogP contribution >= 0.6 is 11.6 Å². The third-order valence-electron chi connectivity index (χ3n) is 6.80. The summed E-state index contributed by atoms with van der Waals surface area (Å²) in [6.45, 7) is 2.05. The molecule has 0 aliphatic carbocycles. The summed E-state index contributed by atoms with van der Waals surface area (Å²) in [5.74, 6) is 0.447. The smallest absolute Gasteiger partial charge is 0.247 e. The lowest BCUT2D eigenvalue weighted by molar-refractivity contribution is 0.607. The van der Waals surface area contributed by atoms with Crippen molar-refractivity contribution in [1.29, 1.82) is 0 Å². The SMILES string of the molecule is Cc1ccc([C@@H]2CC(c3ccccc3NS(C)(=O)=O)=NN2c2nc(-c3ccccc3)c3cc(Cl)ccc3n2)cc1. The Kier molecular flexibility index (Phi) is 6.73. The molecule has 2 heterocycles. The molecule has 9 heteroatoms. The van der Waals surface area contributed by atoms with Gasteiger partial charge in [-0.15, -0.1) is 0 Å². The summed E-state index contributed by atoms with van der Waals surface area (Å²) in [7, 11) is -3.48. The van der Waals surface area contributed by atoms with Crippen LogP contribution in [0, 0.1) is 6.92 Å². The van der Waals surface area contributed by atoms with Gasteiger partial charge in [0, 0.05) is 28.0 Å². The Morgan fingerprint density at radius 1 is 0.900 bits per heavy atom. The van der Waals surface area contributed by atoms with Gasteiger partial charge in [0.2, 0.25) is 16.0 Å². The zero-order chi connectivity index (χ0) is 27.9. The second kappa shape index (κ2) is 10.4. The summed E-state index contributed by atoms with van der Waals surface area (Å²) < 4.78 is 26.8. The lowest BCUT2D eigenvalue weighted by Crippen LogP contribution is -2.21. The highest BCUT2D eigenvalue weighted by Gasteiger charge is 2.33. The van der Waals surface area contributed by atoms with Gasteiger partial charge >= 0.3 is 0 Å². The van der Waals surface area contributed by atoms with E-state index in [4.69, 9.17) is 26.7 Å². The highest BCUT2D eigenvalue weighted by atomic mass is 35.5. The maximum Gasteiger partial charge on any atom is 0.247 e. The van der Waals surface area contributed by atoms with Crippen LogP contribution in [0.5, 0.6) is 0 Å². The average molecular weight is 568 g/mol. The van der Waals surface area contributed by atoms with E-state index in [0.29, 0.717) is 28.6 Å². The molecule has 1 aliphatic heterocycles. The lowest BCUT2D eigenvalue weighted by Gasteiger charge is -2.23. The Balaban J connectivity index is 1.54. The Labute approximate surface area is 238 Å². The van der Waals surface area contributed by atoms with Crippen LogP contribution in [-0.4, -0.2) is 30.4 Å². The molecule has 1 aromatic heterocycles. The van der Waals surface area contributed by atoms with E-state index >= 15 is 0 Å². The predicted molar refractivity (Wildman–Crippen MR) is 162 cm³/mol. The molecule has 0 radical (unpaired) electrons. The molecule has 0 unspecified atom stereocenters.